The third-order valence-corrected chi connectivity index (χ3v) is 8.44. The van der Waals surface area contributed by atoms with Gasteiger partial charge in [0.25, 0.3) is 0 Å². The maximum atomic E-state index is 9.20. The summed E-state index contributed by atoms with van der Waals surface area (Å²) in [5.74, 6) is 0. The lowest BCUT2D eigenvalue weighted by Gasteiger charge is -2.08. The number of para-hydroxylation sites is 1. The minimum atomic E-state index is 0.681. The first-order chi connectivity index (χ1) is 20.7. The van der Waals surface area contributed by atoms with E-state index in [1.807, 2.05) is 36.4 Å². The van der Waals surface area contributed by atoms with E-state index < -0.39 is 0 Å². The van der Waals surface area contributed by atoms with Gasteiger partial charge in [0.1, 0.15) is 22.3 Å². The molecule has 3 nitrogen and oxygen atoms in total. The molecule has 3 heteroatoms. The number of nitriles is 1. The molecule has 0 spiro atoms. The number of nitrogens with zero attached hydrogens (tertiary/aromatic N) is 1. The summed E-state index contributed by atoms with van der Waals surface area (Å²) < 4.78 is 12.4. The Morgan fingerprint density at radius 2 is 0.857 bits per heavy atom. The molecule has 42 heavy (non-hydrogen) atoms. The van der Waals surface area contributed by atoms with Gasteiger partial charge in [-0.2, -0.15) is 5.26 Å². The zero-order chi connectivity index (χ0) is 27.8. The van der Waals surface area contributed by atoms with Crippen molar-refractivity contribution in [2.45, 2.75) is 0 Å². The van der Waals surface area contributed by atoms with Crippen molar-refractivity contribution >= 4 is 65.4 Å². The standard InChI is InChI=1S/C39H21NO2/c40-22-23-5-6-25-16-26(8-7-24(25)15-23)27-9-10-29-18-30(12-11-28(29)17-27)31-13-14-37-33(19-31)35-21-38-34(20-39(35)42-37)32-3-1-2-4-36(32)41-38/h1-21H. The third kappa shape index (κ3) is 3.46. The largest absolute Gasteiger partial charge is 0.456 e. The number of benzene rings is 7. The lowest BCUT2D eigenvalue weighted by atomic mass is 9.96. The molecular weight excluding hydrogens is 514 g/mol. The second kappa shape index (κ2) is 8.57. The van der Waals surface area contributed by atoms with Crippen molar-refractivity contribution in [2.75, 3.05) is 0 Å². The van der Waals surface area contributed by atoms with Gasteiger partial charge in [-0.05, 0) is 104 Å². The van der Waals surface area contributed by atoms with Crippen LogP contribution in [0, 0.1) is 11.3 Å². The van der Waals surface area contributed by atoms with Crippen molar-refractivity contribution in [3.63, 3.8) is 0 Å². The fourth-order valence-corrected chi connectivity index (χ4v) is 6.27. The topological polar surface area (TPSA) is 50.1 Å². The minimum Gasteiger partial charge on any atom is -0.456 e. The van der Waals surface area contributed by atoms with Gasteiger partial charge in [0.15, 0.2) is 0 Å². The smallest absolute Gasteiger partial charge is 0.136 e. The van der Waals surface area contributed by atoms with E-state index in [2.05, 4.69) is 97.1 Å². The summed E-state index contributed by atoms with van der Waals surface area (Å²) in [4.78, 5) is 0. The van der Waals surface area contributed by atoms with Crippen LogP contribution in [0.2, 0.25) is 0 Å². The quantitative estimate of drug-likeness (QED) is 0.221. The van der Waals surface area contributed by atoms with Crippen molar-refractivity contribution < 1.29 is 8.83 Å². The second-order valence-corrected chi connectivity index (χ2v) is 10.9. The molecule has 2 heterocycles. The van der Waals surface area contributed by atoms with Gasteiger partial charge in [0, 0.05) is 21.5 Å². The van der Waals surface area contributed by atoms with Gasteiger partial charge in [0.05, 0.1) is 11.6 Å². The lowest BCUT2D eigenvalue weighted by molar-refractivity contribution is 0.664. The lowest BCUT2D eigenvalue weighted by Crippen LogP contribution is -1.83. The predicted octanol–water partition coefficient (Wildman–Crippen LogP) is 11.0. The van der Waals surface area contributed by atoms with Gasteiger partial charge >= 0.3 is 0 Å². The maximum Gasteiger partial charge on any atom is 0.136 e. The molecule has 0 aliphatic carbocycles. The van der Waals surface area contributed by atoms with Gasteiger partial charge in [-0.1, -0.05) is 66.7 Å². The summed E-state index contributed by atoms with van der Waals surface area (Å²) in [7, 11) is 0. The summed E-state index contributed by atoms with van der Waals surface area (Å²) in [5.41, 5.74) is 8.82. The van der Waals surface area contributed by atoms with Crippen LogP contribution in [0.5, 0.6) is 0 Å². The van der Waals surface area contributed by atoms with Gasteiger partial charge < -0.3 is 8.83 Å². The first-order valence-corrected chi connectivity index (χ1v) is 14.0. The van der Waals surface area contributed by atoms with E-state index >= 15 is 0 Å². The highest BCUT2D eigenvalue weighted by Crippen LogP contribution is 2.38. The van der Waals surface area contributed by atoms with E-state index in [0.717, 1.165) is 71.3 Å². The van der Waals surface area contributed by atoms with Crippen LogP contribution in [-0.2, 0) is 0 Å². The number of hydrogen-bond donors (Lipinski definition) is 0. The van der Waals surface area contributed by atoms with Crippen molar-refractivity contribution in [1.82, 2.24) is 0 Å². The third-order valence-electron chi connectivity index (χ3n) is 8.44. The fourth-order valence-electron chi connectivity index (χ4n) is 6.27. The molecule has 194 valence electrons. The SMILES string of the molecule is N#Cc1ccc2cc(-c3ccc4cc(-c5ccc6oc7cc8c(cc7c6c5)oc5ccccc58)ccc4c3)ccc2c1. The molecule has 7 aromatic carbocycles. The molecule has 0 unspecified atom stereocenters. The van der Waals surface area contributed by atoms with E-state index in [9.17, 15) is 5.26 Å². The molecule has 0 radical (unpaired) electrons. The Hall–Kier alpha value is -5.85. The summed E-state index contributed by atoms with van der Waals surface area (Å²) >= 11 is 0. The van der Waals surface area contributed by atoms with E-state index in [-0.39, 0.29) is 0 Å². The van der Waals surface area contributed by atoms with E-state index in [4.69, 9.17) is 8.83 Å². The number of rotatable bonds is 2. The number of fused-ring (bicyclic) bond motifs is 8. The molecule has 0 aliphatic heterocycles. The highest BCUT2D eigenvalue weighted by atomic mass is 16.3. The molecule has 0 fully saturated rings. The summed E-state index contributed by atoms with van der Waals surface area (Å²) in [6.45, 7) is 0. The number of hydrogen-bond acceptors (Lipinski definition) is 3. The molecule has 0 atom stereocenters. The highest BCUT2D eigenvalue weighted by Gasteiger charge is 2.14. The van der Waals surface area contributed by atoms with Crippen LogP contribution in [-0.4, -0.2) is 0 Å². The summed E-state index contributed by atoms with van der Waals surface area (Å²) in [5, 5.41) is 18.1. The summed E-state index contributed by atoms with van der Waals surface area (Å²) in [6, 6.07) is 46.5. The zero-order valence-electron chi connectivity index (χ0n) is 22.4. The van der Waals surface area contributed by atoms with Gasteiger partial charge in [-0.15, -0.1) is 0 Å². The Kier molecular flexibility index (Phi) is 4.68. The second-order valence-electron chi connectivity index (χ2n) is 10.9. The van der Waals surface area contributed by atoms with Crippen LogP contribution in [0.25, 0.3) is 87.7 Å². The zero-order valence-corrected chi connectivity index (χ0v) is 22.4. The average Bonchev–Trinajstić information content (AvgIpc) is 3.59. The van der Waals surface area contributed by atoms with Crippen molar-refractivity contribution in [2.24, 2.45) is 0 Å². The Morgan fingerprint density at radius 3 is 1.50 bits per heavy atom. The van der Waals surface area contributed by atoms with Crippen LogP contribution in [0.3, 0.4) is 0 Å². The molecule has 0 saturated carbocycles. The molecule has 0 saturated heterocycles. The molecule has 0 bridgehead atoms. The Labute approximate surface area is 240 Å². The van der Waals surface area contributed by atoms with Crippen LogP contribution >= 0.6 is 0 Å². The Morgan fingerprint density at radius 1 is 0.381 bits per heavy atom. The van der Waals surface area contributed by atoms with Gasteiger partial charge in [-0.3, -0.25) is 0 Å². The van der Waals surface area contributed by atoms with Crippen molar-refractivity contribution in [3.8, 4) is 28.3 Å². The van der Waals surface area contributed by atoms with Crippen molar-refractivity contribution in [3.05, 3.63) is 133 Å². The number of furan rings is 2. The Bertz CT molecular complexity index is 2590. The normalized spacial score (nSPS) is 11.8. The summed E-state index contributed by atoms with van der Waals surface area (Å²) in [6.07, 6.45) is 0. The van der Waals surface area contributed by atoms with Gasteiger partial charge in [0.2, 0.25) is 0 Å². The molecule has 0 amide bonds. The Balaban J connectivity index is 1.11. The molecule has 2 aromatic heterocycles. The highest BCUT2D eigenvalue weighted by molar-refractivity contribution is 6.15. The first-order valence-electron chi connectivity index (χ1n) is 14.0. The van der Waals surface area contributed by atoms with Crippen LogP contribution in [0.15, 0.2) is 136 Å². The van der Waals surface area contributed by atoms with Gasteiger partial charge in [-0.25, -0.2) is 0 Å². The van der Waals surface area contributed by atoms with Crippen LogP contribution < -0.4 is 0 Å². The first kappa shape index (κ1) is 22.9. The van der Waals surface area contributed by atoms with Crippen LogP contribution in [0.1, 0.15) is 5.56 Å². The monoisotopic (exact) mass is 535 g/mol. The molecule has 0 aliphatic rings. The fraction of sp³-hybridized carbons (Fsp3) is 0. The molecule has 0 N–H and O–H groups in total. The molecular formula is C39H21NO2. The molecule has 9 rings (SSSR count). The molecule has 9 aromatic rings. The maximum absolute atomic E-state index is 9.20. The van der Waals surface area contributed by atoms with E-state index in [1.165, 1.54) is 16.3 Å². The average molecular weight is 536 g/mol. The van der Waals surface area contributed by atoms with E-state index in [1.54, 1.807) is 0 Å². The van der Waals surface area contributed by atoms with Crippen LogP contribution in [0.4, 0.5) is 0 Å². The minimum absolute atomic E-state index is 0.681. The van der Waals surface area contributed by atoms with Crippen molar-refractivity contribution in [1.29, 1.82) is 5.26 Å². The van der Waals surface area contributed by atoms with E-state index in [0.29, 0.717) is 5.56 Å². The predicted molar refractivity (Wildman–Crippen MR) is 172 cm³/mol.